The van der Waals surface area contributed by atoms with Gasteiger partial charge >= 0.3 is 6.01 Å². The zero-order chi connectivity index (χ0) is 33.5. The van der Waals surface area contributed by atoms with E-state index in [2.05, 4.69) is 15.8 Å². The second-order valence-electron chi connectivity index (χ2n) is 13.9. The summed E-state index contributed by atoms with van der Waals surface area (Å²) in [5, 5.41) is 23.3. The molecule has 0 aliphatic carbocycles. The number of benzene rings is 3. The van der Waals surface area contributed by atoms with Crippen molar-refractivity contribution in [3.8, 4) is 35.2 Å². The highest BCUT2D eigenvalue weighted by molar-refractivity contribution is 6.18. The van der Waals surface area contributed by atoms with E-state index in [1.54, 1.807) is 19.9 Å². The molecule has 0 unspecified atom stereocenters. The van der Waals surface area contributed by atoms with Crippen LogP contribution >= 0.6 is 0 Å². The first kappa shape index (κ1) is 30.8. The van der Waals surface area contributed by atoms with Crippen molar-refractivity contribution in [1.29, 1.82) is 0 Å². The van der Waals surface area contributed by atoms with Crippen LogP contribution in [0.5, 0.6) is 11.8 Å². The number of alkyl halides is 1. The first-order chi connectivity index (χ1) is 23.0. The maximum absolute atomic E-state index is 17.4. The van der Waals surface area contributed by atoms with Crippen LogP contribution in [0.2, 0.25) is 0 Å². The van der Waals surface area contributed by atoms with Crippen LogP contribution in [0.15, 0.2) is 34.7 Å². The van der Waals surface area contributed by atoms with Gasteiger partial charge in [0.05, 0.1) is 27.7 Å². The van der Waals surface area contributed by atoms with Gasteiger partial charge in [-0.2, -0.15) is 9.97 Å². The Morgan fingerprint density at radius 2 is 1.94 bits per heavy atom. The van der Waals surface area contributed by atoms with Crippen molar-refractivity contribution >= 4 is 38.5 Å². The number of furan rings is 1. The molecule has 3 saturated heterocycles. The fraction of sp³-hybridized carbons (Fsp3) is 0.405. The van der Waals surface area contributed by atoms with Gasteiger partial charge in [-0.15, -0.1) is 6.42 Å². The van der Waals surface area contributed by atoms with Crippen molar-refractivity contribution in [2.24, 2.45) is 0 Å². The summed E-state index contributed by atoms with van der Waals surface area (Å²) in [6, 6.07) is 7.15. The van der Waals surface area contributed by atoms with Gasteiger partial charge < -0.3 is 24.3 Å². The molecule has 0 saturated carbocycles. The largest absolute Gasteiger partial charge is 0.508 e. The number of halogens is 3. The Balaban J connectivity index is 1.40. The van der Waals surface area contributed by atoms with E-state index in [9.17, 15) is 14.6 Å². The quantitative estimate of drug-likeness (QED) is 0.200. The number of piperidine rings is 1. The van der Waals surface area contributed by atoms with E-state index in [1.165, 1.54) is 24.3 Å². The number of aromatic nitrogens is 2. The van der Waals surface area contributed by atoms with Crippen LogP contribution in [0.1, 0.15) is 50.4 Å². The van der Waals surface area contributed by atoms with Crippen molar-refractivity contribution in [3.05, 3.63) is 53.3 Å². The minimum Gasteiger partial charge on any atom is -0.508 e. The Hall–Kier alpha value is -4.53. The predicted octanol–water partition coefficient (Wildman–Crippen LogP) is 6.78. The average Bonchev–Trinajstić information content (AvgIpc) is 3.70. The molecule has 3 atom stereocenters. The van der Waals surface area contributed by atoms with Crippen LogP contribution in [0.4, 0.5) is 19.0 Å². The topological polar surface area (TPSA) is 95.1 Å². The van der Waals surface area contributed by atoms with E-state index in [0.29, 0.717) is 60.1 Å². The van der Waals surface area contributed by atoms with Crippen LogP contribution in [0.3, 0.4) is 0 Å². The molecule has 0 spiro atoms. The summed E-state index contributed by atoms with van der Waals surface area (Å²) >= 11 is 0. The maximum atomic E-state index is 17.4. The number of anilines is 1. The molecule has 3 aromatic carbocycles. The number of aromatic hydroxyl groups is 1. The van der Waals surface area contributed by atoms with E-state index in [0.717, 1.165) is 19.4 Å². The first-order valence-electron chi connectivity index (χ1n) is 16.3. The summed E-state index contributed by atoms with van der Waals surface area (Å²) in [6.45, 7) is 5.55. The molecule has 8 rings (SSSR count). The van der Waals surface area contributed by atoms with Crippen LogP contribution in [0.25, 0.3) is 43.8 Å². The fourth-order valence-electron chi connectivity index (χ4n) is 8.28. The van der Waals surface area contributed by atoms with E-state index in [-0.39, 0.29) is 58.1 Å². The molecule has 3 aliphatic rings. The molecule has 11 heteroatoms. The molecule has 248 valence electrons. The van der Waals surface area contributed by atoms with Crippen molar-refractivity contribution in [2.75, 3.05) is 37.7 Å². The SMILES string of the molecule is C#Cc1c(F)ccc2cc(O)cc(-c3c(F)c4nc(OC[C@@]56CCCN5C[C@H](F)C6)nc(N5CCC[C@@](C)(O)C5)c4c4cc(C)oc34)c12. The van der Waals surface area contributed by atoms with Crippen molar-refractivity contribution in [3.63, 3.8) is 0 Å². The zero-order valence-corrected chi connectivity index (χ0v) is 26.7. The lowest BCUT2D eigenvalue weighted by atomic mass is 9.91. The minimum absolute atomic E-state index is 0.0496. The average molecular weight is 657 g/mol. The number of nitrogens with zero attached hydrogens (tertiary/aromatic N) is 4. The molecule has 2 N–H and O–H groups in total. The van der Waals surface area contributed by atoms with Gasteiger partial charge in [0.25, 0.3) is 0 Å². The Labute approximate surface area is 275 Å². The van der Waals surface area contributed by atoms with E-state index in [4.69, 9.17) is 20.6 Å². The number of phenolic OH excluding ortho intramolecular Hbond substituents is 1. The molecule has 0 radical (unpaired) electrons. The third kappa shape index (κ3) is 4.84. The number of aliphatic hydroxyl groups is 1. The van der Waals surface area contributed by atoms with Crippen molar-refractivity contribution < 1.29 is 32.5 Å². The van der Waals surface area contributed by atoms with Crippen molar-refractivity contribution in [1.82, 2.24) is 14.9 Å². The van der Waals surface area contributed by atoms with Gasteiger partial charge in [-0.3, -0.25) is 4.90 Å². The van der Waals surface area contributed by atoms with Gasteiger partial charge in [-0.25, -0.2) is 13.2 Å². The summed E-state index contributed by atoms with van der Waals surface area (Å²) in [6.07, 6.45) is 8.12. The summed E-state index contributed by atoms with van der Waals surface area (Å²) in [5.74, 6) is 1.61. The van der Waals surface area contributed by atoms with Gasteiger partial charge in [0, 0.05) is 42.4 Å². The third-order valence-corrected chi connectivity index (χ3v) is 10.3. The minimum atomic E-state index is -1.01. The van der Waals surface area contributed by atoms with E-state index in [1.807, 2.05) is 4.90 Å². The Morgan fingerprint density at radius 3 is 2.73 bits per heavy atom. The van der Waals surface area contributed by atoms with Gasteiger partial charge in [-0.1, -0.05) is 12.0 Å². The standard InChI is InChI=1S/C37H35F3N4O4/c1-4-24-27(39)8-7-21-14-23(45)15-25(28(21)24)29-31(40)32-30(26-13-20(2)48-33(26)29)34(43-11-5-9-36(3,46)18-43)42-35(41-32)47-19-37-10-6-12-44(37)17-22(38)16-37/h1,7-8,13-15,22,45-46H,5-6,9-12,16-19H2,2-3H3/t22-,36-,37+/m1/s1. The lowest BCUT2D eigenvalue weighted by molar-refractivity contribution is 0.0447. The highest BCUT2D eigenvalue weighted by atomic mass is 19.1. The molecule has 48 heavy (non-hydrogen) atoms. The van der Waals surface area contributed by atoms with Gasteiger partial charge in [-0.05, 0) is 75.7 Å². The highest BCUT2D eigenvalue weighted by Gasteiger charge is 2.49. The highest BCUT2D eigenvalue weighted by Crippen LogP contribution is 2.47. The lowest BCUT2D eigenvalue weighted by Gasteiger charge is -2.38. The molecular formula is C37H35F3N4O4. The van der Waals surface area contributed by atoms with Crippen LogP contribution < -0.4 is 9.64 Å². The molecule has 5 heterocycles. The summed E-state index contributed by atoms with van der Waals surface area (Å²) in [4.78, 5) is 13.5. The molecule has 3 aliphatic heterocycles. The number of β-amino-alcohol motifs (C(OH)–C–C–N with tert-alkyl or cyclic N) is 1. The number of aryl methyl sites for hydroxylation is 1. The van der Waals surface area contributed by atoms with Crippen LogP contribution in [-0.2, 0) is 0 Å². The Bertz CT molecular complexity index is 2180. The number of phenols is 1. The zero-order valence-electron chi connectivity index (χ0n) is 26.7. The number of ether oxygens (including phenoxy) is 1. The second kappa shape index (κ2) is 11.0. The number of hydrogen-bond donors (Lipinski definition) is 2. The monoisotopic (exact) mass is 656 g/mol. The van der Waals surface area contributed by atoms with Crippen molar-refractivity contribution in [2.45, 2.75) is 63.3 Å². The second-order valence-corrected chi connectivity index (χ2v) is 13.9. The fourth-order valence-corrected chi connectivity index (χ4v) is 8.28. The Morgan fingerprint density at radius 1 is 1.12 bits per heavy atom. The maximum Gasteiger partial charge on any atom is 0.319 e. The summed E-state index contributed by atoms with van der Waals surface area (Å²) < 4.78 is 59.5. The lowest BCUT2D eigenvalue weighted by Crippen LogP contribution is -2.46. The third-order valence-electron chi connectivity index (χ3n) is 10.3. The number of terminal acetylenes is 1. The van der Waals surface area contributed by atoms with E-state index < -0.39 is 28.9 Å². The first-order valence-corrected chi connectivity index (χ1v) is 16.3. The predicted molar refractivity (Wildman–Crippen MR) is 177 cm³/mol. The Kier molecular flexibility index (Phi) is 7.06. The van der Waals surface area contributed by atoms with Crippen LogP contribution in [0, 0.1) is 30.9 Å². The molecule has 0 amide bonds. The normalized spacial score (nSPS) is 24.5. The molecule has 8 nitrogen and oxygen atoms in total. The van der Waals surface area contributed by atoms with Crippen LogP contribution in [-0.4, -0.2) is 75.2 Å². The molecule has 0 bridgehead atoms. The molecule has 2 aromatic heterocycles. The number of rotatable bonds is 5. The van der Waals surface area contributed by atoms with E-state index >= 15 is 8.78 Å². The summed E-state index contributed by atoms with van der Waals surface area (Å²) in [5.41, 5.74) is -1.41. The number of hydrogen-bond acceptors (Lipinski definition) is 8. The smallest absolute Gasteiger partial charge is 0.319 e. The van der Waals surface area contributed by atoms with Gasteiger partial charge in [0.1, 0.15) is 47.0 Å². The summed E-state index contributed by atoms with van der Waals surface area (Å²) in [7, 11) is 0. The van der Waals surface area contributed by atoms with Gasteiger partial charge in [0.15, 0.2) is 5.82 Å². The molecular weight excluding hydrogens is 621 g/mol. The molecule has 5 aromatic rings. The molecule has 3 fully saturated rings. The van der Waals surface area contributed by atoms with Gasteiger partial charge in [0.2, 0.25) is 0 Å². The number of fused-ring (bicyclic) bond motifs is 5.